The van der Waals surface area contributed by atoms with E-state index in [2.05, 4.69) is 5.32 Å². The molecule has 0 aliphatic carbocycles. The molecule has 0 bridgehead atoms. The Morgan fingerprint density at radius 3 is 2.44 bits per heavy atom. The van der Waals surface area contributed by atoms with Crippen LogP contribution in [0, 0.1) is 19.7 Å². The fourth-order valence-corrected chi connectivity index (χ4v) is 3.07. The van der Waals surface area contributed by atoms with Gasteiger partial charge in [-0.3, -0.25) is 4.79 Å². The number of hydrogen-bond acceptors (Lipinski definition) is 3. The minimum Gasteiger partial charge on any atom is -0.325 e. The number of rotatable bonds is 6. The van der Waals surface area contributed by atoms with Gasteiger partial charge in [-0.2, -0.15) is 4.31 Å². The molecule has 0 fully saturated rings. The highest BCUT2D eigenvalue weighted by Crippen LogP contribution is 2.18. The van der Waals surface area contributed by atoms with Gasteiger partial charge in [0.1, 0.15) is 5.82 Å². The van der Waals surface area contributed by atoms with Gasteiger partial charge in [-0.15, -0.1) is 0 Å². The smallest absolute Gasteiger partial charge is 0.239 e. The van der Waals surface area contributed by atoms with E-state index in [-0.39, 0.29) is 18.7 Å². The molecule has 0 saturated carbocycles. The molecule has 2 rings (SSSR count). The van der Waals surface area contributed by atoms with Gasteiger partial charge >= 0.3 is 0 Å². The Morgan fingerprint density at radius 2 is 1.80 bits per heavy atom. The molecule has 0 spiro atoms. The second-order valence-corrected chi connectivity index (χ2v) is 7.90. The average molecular weight is 364 g/mol. The molecule has 5 nitrogen and oxygen atoms in total. The van der Waals surface area contributed by atoms with Crippen LogP contribution in [0.1, 0.15) is 16.7 Å². The summed E-state index contributed by atoms with van der Waals surface area (Å²) in [6.07, 6.45) is 0.999. The first-order chi connectivity index (χ1) is 11.7. The molecule has 0 aromatic heterocycles. The van der Waals surface area contributed by atoms with Gasteiger partial charge in [0, 0.05) is 17.8 Å². The monoisotopic (exact) mass is 364 g/mol. The van der Waals surface area contributed by atoms with Crippen molar-refractivity contribution in [1.82, 2.24) is 4.31 Å². The van der Waals surface area contributed by atoms with Crippen LogP contribution in [0.3, 0.4) is 0 Å². The molecule has 1 N–H and O–H groups in total. The Morgan fingerprint density at radius 1 is 1.12 bits per heavy atom. The summed E-state index contributed by atoms with van der Waals surface area (Å²) in [5.41, 5.74) is 2.77. The molecule has 0 aliphatic heterocycles. The van der Waals surface area contributed by atoms with Crippen LogP contribution in [-0.2, 0) is 21.4 Å². The Labute approximate surface area is 147 Å². The summed E-state index contributed by atoms with van der Waals surface area (Å²) < 4.78 is 38.7. The fourth-order valence-electron chi connectivity index (χ4n) is 2.34. The van der Waals surface area contributed by atoms with Crippen LogP contribution in [0.5, 0.6) is 0 Å². The predicted octanol–water partition coefficient (Wildman–Crippen LogP) is 2.84. The van der Waals surface area contributed by atoms with Crippen LogP contribution in [0.2, 0.25) is 0 Å². The van der Waals surface area contributed by atoms with Crippen molar-refractivity contribution in [2.24, 2.45) is 0 Å². The summed E-state index contributed by atoms with van der Waals surface area (Å²) in [4.78, 5) is 12.3. The molecule has 0 radical (unpaired) electrons. The van der Waals surface area contributed by atoms with Gasteiger partial charge in [0.25, 0.3) is 0 Å². The Kier molecular flexibility index (Phi) is 5.92. The molecule has 7 heteroatoms. The first-order valence-electron chi connectivity index (χ1n) is 7.73. The second kappa shape index (κ2) is 7.76. The highest BCUT2D eigenvalue weighted by molar-refractivity contribution is 7.88. The van der Waals surface area contributed by atoms with Crippen molar-refractivity contribution in [2.75, 3.05) is 18.1 Å². The third-order valence-electron chi connectivity index (χ3n) is 3.97. The minimum absolute atomic E-state index is 0.203. The summed E-state index contributed by atoms with van der Waals surface area (Å²) in [6, 6.07) is 11.4. The Hall–Kier alpha value is -2.25. The molecule has 2 aromatic carbocycles. The number of carbonyl (C=O) groups is 1. The normalized spacial score (nSPS) is 11.6. The number of sulfonamides is 1. The Bertz CT molecular complexity index is 882. The van der Waals surface area contributed by atoms with Crippen LogP contribution >= 0.6 is 0 Å². The van der Waals surface area contributed by atoms with E-state index in [1.54, 1.807) is 12.1 Å². The van der Waals surface area contributed by atoms with Crippen molar-refractivity contribution in [3.8, 4) is 0 Å². The SMILES string of the molecule is Cc1cccc(NC(=O)CN(Cc2ccccc2F)S(C)(=O)=O)c1C. The molecule has 0 aliphatic rings. The van der Waals surface area contributed by atoms with Crippen molar-refractivity contribution < 1.29 is 17.6 Å². The van der Waals surface area contributed by atoms with E-state index in [9.17, 15) is 17.6 Å². The van der Waals surface area contributed by atoms with E-state index in [0.717, 1.165) is 21.7 Å². The summed E-state index contributed by atoms with van der Waals surface area (Å²) in [6.45, 7) is 3.21. The van der Waals surface area contributed by atoms with Crippen LogP contribution in [-0.4, -0.2) is 31.4 Å². The maximum atomic E-state index is 13.8. The summed E-state index contributed by atoms with van der Waals surface area (Å²) in [5, 5.41) is 2.72. The van der Waals surface area contributed by atoms with Gasteiger partial charge in [-0.1, -0.05) is 30.3 Å². The van der Waals surface area contributed by atoms with Crippen LogP contribution in [0.15, 0.2) is 42.5 Å². The number of carbonyl (C=O) groups excluding carboxylic acids is 1. The molecule has 0 saturated heterocycles. The van der Waals surface area contributed by atoms with E-state index in [4.69, 9.17) is 0 Å². The Balaban J connectivity index is 2.16. The lowest BCUT2D eigenvalue weighted by molar-refractivity contribution is -0.116. The van der Waals surface area contributed by atoms with Crippen molar-refractivity contribution in [3.63, 3.8) is 0 Å². The molecule has 0 unspecified atom stereocenters. The zero-order valence-electron chi connectivity index (χ0n) is 14.4. The van der Waals surface area contributed by atoms with Crippen LogP contribution in [0.4, 0.5) is 10.1 Å². The number of nitrogens with zero attached hydrogens (tertiary/aromatic N) is 1. The van der Waals surface area contributed by atoms with E-state index in [1.165, 1.54) is 18.2 Å². The number of hydrogen-bond donors (Lipinski definition) is 1. The maximum Gasteiger partial charge on any atom is 0.239 e. The first kappa shape index (κ1) is 19.1. The third-order valence-corrected chi connectivity index (χ3v) is 5.17. The quantitative estimate of drug-likeness (QED) is 0.857. The molecule has 0 heterocycles. The topological polar surface area (TPSA) is 66.5 Å². The van der Waals surface area contributed by atoms with Gasteiger partial charge in [-0.25, -0.2) is 12.8 Å². The zero-order valence-corrected chi connectivity index (χ0v) is 15.2. The number of amides is 1. The summed E-state index contributed by atoms with van der Waals surface area (Å²) >= 11 is 0. The van der Waals surface area contributed by atoms with Gasteiger partial charge < -0.3 is 5.32 Å². The zero-order chi connectivity index (χ0) is 18.6. The molecule has 0 atom stereocenters. The summed E-state index contributed by atoms with van der Waals surface area (Å²) in [7, 11) is -3.68. The van der Waals surface area contributed by atoms with Gasteiger partial charge in [0.2, 0.25) is 15.9 Å². The summed E-state index contributed by atoms with van der Waals surface area (Å²) in [5.74, 6) is -0.985. The van der Waals surface area contributed by atoms with Crippen LogP contribution < -0.4 is 5.32 Å². The fraction of sp³-hybridized carbons (Fsp3) is 0.278. The third kappa shape index (κ3) is 5.11. The van der Waals surface area contributed by atoms with Crippen molar-refractivity contribution in [3.05, 3.63) is 65.0 Å². The van der Waals surface area contributed by atoms with E-state index in [0.29, 0.717) is 5.69 Å². The van der Waals surface area contributed by atoms with Crippen molar-refractivity contribution in [1.29, 1.82) is 0 Å². The van der Waals surface area contributed by atoms with E-state index >= 15 is 0 Å². The van der Waals surface area contributed by atoms with Gasteiger partial charge in [0.05, 0.1) is 12.8 Å². The van der Waals surface area contributed by atoms with Gasteiger partial charge in [0.15, 0.2) is 0 Å². The van der Waals surface area contributed by atoms with Gasteiger partial charge in [-0.05, 0) is 37.1 Å². The number of halogens is 1. The molecule has 2 aromatic rings. The minimum atomic E-state index is -3.68. The molecule has 25 heavy (non-hydrogen) atoms. The van der Waals surface area contributed by atoms with Crippen molar-refractivity contribution in [2.45, 2.75) is 20.4 Å². The number of nitrogens with one attached hydrogen (secondary N) is 1. The molecule has 1 amide bonds. The highest BCUT2D eigenvalue weighted by atomic mass is 32.2. The molecular formula is C18H21FN2O3S. The highest BCUT2D eigenvalue weighted by Gasteiger charge is 2.22. The maximum absolute atomic E-state index is 13.8. The lowest BCUT2D eigenvalue weighted by atomic mass is 10.1. The molecule has 134 valence electrons. The van der Waals surface area contributed by atoms with E-state index < -0.39 is 21.7 Å². The first-order valence-corrected chi connectivity index (χ1v) is 9.58. The van der Waals surface area contributed by atoms with Crippen molar-refractivity contribution >= 4 is 21.6 Å². The average Bonchev–Trinajstić information content (AvgIpc) is 2.52. The predicted molar refractivity (Wildman–Crippen MR) is 96.2 cm³/mol. The molecular weight excluding hydrogens is 343 g/mol. The number of aryl methyl sites for hydroxylation is 1. The number of anilines is 1. The van der Waals surface area contributed by atoms with Crippen LogP contribution in [0.25, 0.3) is 0 Å². The van der Waals surface area contributed by atoms with E-state index in [1.807, 2.05) is 26.0 Å². The number of benzene rings is 2. The lowest BCUT2D eigenvalue weighted by Crippen LogP contribution is -2.37. The second-order valence-electron chi connectivity index (χ2n) is 5.92. The largest absolute Gasteiger partial charge is 0.325 e. The standard InChI is InChI=1S/C18H21FN2O3S/c1-13-7-6-10-17(14(13)2)20-18(22)12-21(25(3,23)24)11-15-8-4-5-9-16(15)19/h4-10H,11-12H2,1-3H3,(H,20,22). The lowest BCUT2D eigenvalue weighted by Gasteiger charge is -2.20.